The quantitative estimate of drug-likeness (QED) is 0.145. The summed E-state index contributed by atoms with van der Waals surface area (Å²) in [6.45, 7) is 25.5. The van der Waals surface area contributed by atoms with Crippen LogP contribution in [-0.4, -0.2) is 71.6 Å². The van der Waals surface area contributed by atoms with Gasteiger partial charge in [-0.3, -0.25) is 4.79 Å². The van der Waals surface area contributed by atoms with Crippen molar-refractivity contribution >= 4 is 40.8 Å². The molecule has 3 aliphatic rings. The smallest absolute Gasteiger partial charge is 0.354 e. The summed E-state index contributed by atoms with van der Waals surface area (Å²) in [5.74, 6) is 0.262. The van der Waals surface area contributed by atoms with Crippen molar-refractivity contribution in [1.29, 1.82) is 0 Å². The standard InChI is InChI=1S/C20H35NO4Si.C13H23NO3Si.C7H12O/c1-14-13-16(22)21-20(14,18(23)24-5)17(15-11-9-8-10-12-15)25-26(6,7)19(2,3)4;1-9-8-10(14-11(9)12(15)16-5)17-18(6,7)13(2,3)4;8-6-7-4-2-1-3-5-7/h13,15,17H,8-12H2,1-7H3,(H,21,22);8,14H,1-7H3;6-7H,1-5H2/t17-,20-;;/m0../s1. The van der Waals surface area contributed by atoms with Crippen LogP contribution in [0.2, 0.25) is 36.3 Å². The highest BCUT2D eigenvalue weighted by molar-refractivity contribution is 6.75. The number of aromatic nitrogens is 1. The summed E-state index contributed by atoms with van der Waals surface area (Å²) >= 11 is 0. The summed E-state index contributed by atoms with van der Waals surface area (Å²) in [4.78, 5) is 49.8. The van der Waals surface area contributed by atoms with E-state index in [1.807, 2.05) is 19.9 Å². The molecular formula is C40H70N2O8Si2. The van der Waals surface area contributed by atoms with Crippen LogP contribution in [0.4, 0.5) is 0 Å². The average molecular weight is 763 g/mol. The van der Waals surface area contributed by atoms with Gasteiger partial charge in [-0.25, -0.2) is 9.59 Å². The SMILES string of the molecule is COC(=O)[C@]1([C@@H](O[Si](C)(C)C(C)(C)C)C2CCCCC2)NC(=O)C=C1C.COC(=O)c1[nH]c(O[Si](C)(C)C(C)(C)C)cc1C.O=CC1CCCCC1. The highest BCUT2D eigenvalue weighted by Crippen LogP contribution is 2.45. The van der Waals surface area contributed by atoms with Gasteiger partial charge in [0.15, 0.2) is 19.7 Å². The van der Waals surface area contributed by atoms with Gasteiger partial charge in [-0.15, -0.1) is 0 Å². The van der Waals surface area contributed by atoms with Crippen molar-refractivity contribution in [3.63, 3.8) is 0 Å². The molecule has 2 N–H and O–H groups in total. The second-order valence-corrected chi connectivity index (χ2v) is 27.4. The Morgan fingerprint density at radius 2 is 1.37 bits per heavy atom. The van der Waals surface area contributed by atoms with Crippen LogP contribution in [0.5, 0.6) is 5.88 Å². The van der Waals surface area contributed by atoms with Crippen molar-refractivity contribution in [1.82, 2.24) is 10.3 Å². The minimum atomic E-state index is -2.16. The lowest BCUT2D eigenvalue weighted by molar-refractivity contribution is -0.154. The third-order valence-electron chi connectivity index (χ3n) is 11.9. The summed E-state index contributed by atoms with van der Waals surface area (Å²) in [6.07, 6.45) is 13.9. The number of aryl methyl sites for hydroxylation is 1. The maximum Gasteiger partial charge on any atom is 0.354 e. The molecule has 0 unspecified atom stereocenters. The Balaban J connectivity index is 0.000000309. The zero-order valence-corrected chi connectivity index (χ0v) is 36.8. The van der Waals surface area contributed by atoms with Gasteiger partial charge in [0.2, 0.25) is 5.91 Å². The molecule has 2 fully saturated rings. The number of aromatic amines is 1. The molecule has 10 nitrogen and oxygen atoms in total. The van der Waals surface area contributed by atoms with E-state index in [2.05, 4.69) is 78.0 Å². The van der Waals surface area contributed by atoms with E-state index in [0.717, 1.165) is 50.4 Å². The lowest BCUT2D eigenvalue weighted by Crippen LogP contribution is -2.65. The van der Waals surface area contributed by atoms with Crippen LogP contribution >= 0.6 is 0 Å². The van der Waals surface area contributed by atoms with Crippen molar-refractivity contribution in [3.8, 4) is 5.88 Å². The van der Waals surface area contributed by atoms with Crippen molar-refractivity contribution in [2.24, 2.45) is 11.8 Å². The van der Waals surface area contributed by atoms with Gasteiger partial charge in [0.05, 0.1) is 20.3 Å². The fraction of sp³-hybridized carbons (Fsp3) is 0.750. The molecule has 0 aromatic carbocycles. The van der Waals surface area contributed by atoms with E-state index >= 15 is 0 Å². The molecule has 0 radical (unpaired) electrons. The number of aldehydes is 1. The molecule has 2 aliphatic carbocycles. The summed E-state index contributed by atoms with van der Waals surface area (Å²) in [6, 6.07) is 1.85. The number of esters is 2. The van der Waals surface area contributed by atoms with Crippen LogP contribution in [0.25, 0.3) is 0 Å². The lowest BCUT2D eigenvalue weighted by Gasteiger charge is -2.48. The zero-order valence-electron chi connectivity index (χ0n) is 34.8. The Morgan fingerprint density at radius 3 is 1.77 bits per heavy atom. The summed E-state index contributed by atoms with van der Waals surface area (Å²) < 4.78 is 22.8. The normalized spacial score (nSPS) is 21.0. The first kappa shape index (κ1) is 45.5. The second kappa shape index (κ2) is 18.6. The van der Waals surface area contributed by atoms with E-state index in [9.17, 15) is 19.2 Å². The van der Waals surface area contributed by atoms with Gasteiger partial charge < -0.3 is 33.4 Å². The Hall–Kier alpha value is -2.71. The van der Waals surface area contributed by atoms with Crippen LogP contribution in [0.1, 0.15) is 129 Å². The second-order valence-electron chi connectivity index (χ2n) is 17.9. The molecule has 1 aromatic rings. The highest BCUT2D eigenvalue weighted by Gasteiger charge is 2.58. The first-order valence-electron chi connectivity index (χ1n) is 19.2. The molecule has 4 rings (SSSR count). The molecule has 2 atom stereocenters. The van der Waals surface area contributed by atoms with Crippen molar-refractivity contribution in [3.05, 3.63) is 29.0 Å². The number of hydrogen-bond acceptors (Lipinski definition) is 8. The first-order valence-corrected chi connectivity index (χ1v) is 25.0. The fourth-order valence-electron chi connectivity index (χ4n) is 6.49. The van der Waals surface area contributed by atoms with Gasteiger partial charge in [0, 0.05) is 18.1 Å². The van der Waals surface area contributed by atoms with E-state index < -0.39 is 28.1 Å². The average Bonchev–Trinajstić information content (AvgIpc) is 3.59. The fourth-order valence-corrected chi connectivity index (χ4v) is 8.81. The van der Waals surface area contributed by atoms with Crippen LogP contribution < -0.4 is 9.74 Å². The van der Waals surface area contributed by atoms with Crippen molar-refractivity contribution in [2.45, 2.75) is 168 Å². The molecule has 296 valence electrons. The van der Waals surface area contributed by atoms with Gasteiger partial charge in [0.1, 0.15) is 12.0 Å². The molecule has 2 heterocycles. The summed E-state index contributed by atoms with van der Waals surface area (Å²) in [5.41, 5.74) is 0.800. The number of ether oxygens (including phenoxy) is 2. The Morgan fingerprint density at radius 1 is 0.846 bits per heavy atom. The Labute approximate surface area is 316 Å². The molecule has 0 spiro atoms. The van der Waals surface area contributed by atoms with Crippen LogP contribution in [0.3, 0.4) is 0 Å². The number of amides is 1. The predicted octanol–water partition coefficient (Wildman–Crippen LogP) is 9.20. The molecule has 12 heteroatoms. The number of methoxy groups -OCH3 is 2. The molecule has 1 aliphatic heterocycles. The van der Waals surface area contributed by atoms with Crippen molar-refractivity contribution < 1.29 is 37.5 Å². The number of carbonyl (C=O) groups excluding carboxylic acids is 4. The molecular weight excluding hydrogens is 693 g/mol. The minimum Gasteiger partial charge on any atom is -0.532 e. The van der Waals surface area contributed by atoms with Crippen LogP contribution in [0.15, 0.2) is 17.7 Å². The third-order valence-corrected chi connectivity index (χ3v) is 20.7. The Kier molecular flexibility index (Phi) is 16.2. The number of rotatable bonds is 9. The van der Waals surface area contributed by atoms with E-state index in [-0.39, 0.29) is 34.0 Å². The topological polar surface area (TPSA) is 133 Å². The van der Waals surface area contributed by atoms with E-state index in [0.29, 0.717) is 23.1 Å². The van der Waals surface area contributed by atoms with Gasteiger partial charge in [-0.1, -0.05) is 80.1 Å². The van der Waals surface area contributed by atoms with Gasteiger partial charge in [-0.05, 0) is 92.8 Å². The minimum absolute atomic E-state index is 0.0114. The monoisotopic (exact) mass is 762 g/mol. The van der Waals surface area contributed by atoms with E-state index in [4.69, 9.17) is 18.3 Å². The highest BCUT2D eigenvalue weighted by atomic mass is 28.4. The van der Waals surface area contributed by atoms with Crippen LogP contribution in [0, 0.1) is 18.8 Å². The number of nitrogens with one attached hydrogen (secondary N) is 2. The van der Waals surface area contributed by atoms with Gasteiger partial charge in [0.25, 0.3) is 8.32 Å². The molecule has 0 bridgehead atoms. The van der Waals surface area contributed by atoms with Crippen molar-refractivity contribution in [2.75, 3.05) is 14.2 Å². The predicted molar refractivity (Wildman–Crippen MR) is 213 cm³/mol. The molecule has 1 aromatic heterocycles. The molecule has 0 saturated heterocycles. The largest absolute Gasteiger partial charge is 0.532 e. The summed E-state index contributed by atoms with van der Waals surface area (Å²) in [5, 5.41) is 3.06. The first-order chi connectivity index (χ1) is 24.0. The maximum atomic E-state index is 13.0. The molecule has 2 saturated carbocycles. The number of H-pyrrole nitrogens is 1. The number of carbonyl (C=O) groups is 4. The molecule has 52 heavy (non-hydrogen) atoms. The summed E-state index contributed by atoms with van der Waals surface area (Å²) in [7, 11) is -1.29. The maximum absolute atomic E-state index is 13.0. The third kappa shape index (κ3) is 11.4. The van der Waals surface area contributed by atoms with Crippen LogP contribution in [-0.2, 0) is 28.3 Å². The van der Waals surface area contributed by atoms with Gasteiger partial charge >= 0.3 is 11.9 Å². The number of hydrogen-bond donors (Lipinski definition) is 2. The zero-order chi connectivity index (χ0) is 39.7. The van der Waals surface area contributed by atoms with E-state index in [1.54, 1.807) is 0 Å². The lowest BCUT2D eigenvalue weighted by atomic mass is 9.74. The van der Waals surface area contributed by atoms with E-state index in [1.165, 1.54) is 46.0 Å². The Bertz CT molecular complexity index is 1390. The van der Waals surface area contributed by atoms with Gasteiger partial charge in [-0.2, -0.15) is 0 Å². The molecule has 1 amide bonds.